The molecule has 2 rings (SSSR count). The van der Waals surface area contributed by atoms with Gasteiger partial charge in [-0.05, 0) is 0 Å². The number of hydrogen-bond donors (Lipinski definition) is 3. The predicted molar refractivity (Wildman–Crippen MR) is 54.8 cm³/mol. The highest BCUT2D eigenvalue weighted by molar-refractivity contribution is 5.26. The lowest BCUT2D eigenvalue weighted by Crippen LogP contribution is -2.34. The quantitative estimate of drug-likeness (QED) is 0.601. The zero-order valence-electron chi connectivity index (χ0n) is 9.03. The molecule has 1 saturated heterocycles. The van der Waals surface area contributed by atoms with E-state index < -0.39 is 48.5 Å². The van der Waals surface area contributed by atoms with Gasteiger partial charge in [-0.1, -0.05) is 0 Å². The number of rotatable bonds is 2. The monoisotopic (exact) mass is 262 g/mol. The maximum atomic E-state index is 13.7. The lowest BCUT2D eigenvalue weighted by atomic mass is 10.1. The van der Waals surface area contributed by atoms with E-state index in [2.05, 4.69) is 4.98 Å². The molecule has 1 aliphatic rings. The maximum Gasteiger partial charge on any atom is 0.351 e. The van der Waals surface area contributed by atoms with Crippen molar-refractivity contribution in [3.05, 3.63) is 22.5 Å². The maximum absolute atomic E-state index is 13.7. The van der Waals surface area contributed by atoms with Gasteiger partial charge in [0, 0.05) is 0 Å². The minimum atomic E-state index is -1.98. The molecule has 1 fully saturated rings. The van der Waals surface area contributed by atoms with Crippen LogP contribution in [0.25, 0.3) is 0 Å². The Balaban J connectivity index is 2.39. The van der Waals surface area contributed by atoms with E-state index >= 15 is 0 Å². The van der Waals surface area contributed by atoms with E-state index in [0.29, 0.717) is 10.8 Å². The number of aliphatic hydroxyl groups excluding tert-OH is 2. The molecule has 1 aromatic rings. The average Bonchev–Trinajstić information content (AvgIpc) is 2.61. The van der Waals surface area contributed by atoms with Crippen molar-refractivity contribution in [3.8, 4) is 0 Å². The third kappa shape index (κ3) is 1.96. The molecule has 4 unspecified atom stereocenters. The third-order valence-corrected chi connectivity index (χ3v) is 2.68. The van der Waals surface area contributed by atoms with Crippen molar-refractivity contribution in [2.24, 2.45) is 0 Å². The molecule has 7 nitrogen and oxygen atoms in total. The van der Waals surface area contributed by atoms with Gasteiger partial charge < -0.3 is 20.7 Å². The lowest BCUT2D eigenvalue weighted by Gasteiger charge is -2.15. The fourth-order valence-corrected chi connectivity index (χ4v) is 1.72. The smallest absolute Gasteiger partial charge is 0.351 e. The molecule has 9 heteroatoms. The van der Waals surface area contributed by atoms with E-state index in [1.807, 2.05) is 0 Å². The van der Waals surface area contributed by atoms with Crippen LogP contribution in [-0.2, 0) is 4.74 Å². The van der Waals surface area contributed by atoms with Crippen LogP contribution in [0.2, 0.25) is 0 Å². The molecule has 2 heterocycles. The Hall–Kier alpha value is -1.58. The summed E-state index contributed by atoms with van der Waals surface area (Å²) in [4.78, 5) is 14.6. The number of hydrogen-bond acceptors (Lipinski definition) is 6. The standard InChI is InChI=1S/C9H11F2N3O4/c10-3-1-14(9(17)13-7(3)12)8-5(11)6(16)4(2-15)18-8/h1,4-6,8,15-16H,2H2,(H2,12,13,17)/i10-1. The second-order valence-corrected chi connectivity index (χ2v) is 3.85. The largest absolute Gasteiger partial charge is 0.394 e. The molecule has 0 radical (unpaired) electrons. The van der Waals surface area contributed by atoms with E-state index in [1.165, 1.54) is 0 Å². The van der Waals surface area contributed by atoms with Crippen LogP contribution in [0, 0.1) is 5.82 Å². The van der Waals surface area contributed by atoms with Crippen LogP contribution in [0.5, 0.6) is 0 Å². The van der Waals surface area contributed by atoms with Gasteiger partial charge in [0.05, 0.1) is 12.8 Å². The molecule has 0 spiro atoms. The molecule has 1 aromatic heterocycles. The molecule has 0 bridgehead atoms. The summed E-state index contributed by atoms with van der Waals surface area (Å²) in [5, 5.41) is 18.2. The summed E-state index contributed by atoms with van der Waals surface area (Å²) in [6, 6.07) is 0. The number of aliphatic hydroxyl groups is 2. The van der Waals surface area contributed by atoms with Crippen molar-refractivity contribution < 1.29 is 23.7 Å². The lowest BCUT2D eigenvalue weighted by molar-refractivity contribution is -0.0494. The SMILES string of the molecule is Nc1nc(=O)n(C2OC(CO)C(O)C2F)cc1[18F]. The topological polar surface area (TPSA) is 111 Å². The number of nitrogens with two attached hydrogens (primary N) is 1. The number of nitrogens with zero attached hydrogens (tertiary/aromatic N) is 2. The van der Waals surface area contributed by atoms with Gasteiger partial charge in [-0.2, -0.15) is 4.98 Å². The summed E-state index contributed by atoms with van der Waals surface area (Å²) in [5.74, 6) is -1.61. The van der Waals surface area contributed by atoms with Gasteiger partial charge >= 0.3 is 5.69 Å². The van der Waals surface area contributed by atoms with Crippen molar-refractivity contribution in [3.63, 3.8) is 0 Å². The van der Waals surface area contributed by atoms with Gasteiger partial charge in [0.15, 0.2) is 24.0 Å². The minimum absolute atomic E-state index is 0.551. The number of nitrogen functional groups attached to an aromatic ring is 1. The van der Waals surface area contributed by atoms with Crippen molar-refractivity contribution >= 4 is 5.82 Å². The first-order valence-electron chi connectivity index (χ1n) is 5.08. The van der Waals surface area contributed by atoms with Crippen LogP contribution in [0.15, 0.2) is 11.0 Å². The van der Waals surface area contributed by atoms with E-state index in [-0.39, 0.29) is 0 Å². The summed E-state index contributed by atoms with van der Waals surface area (Å²) in [6.07, 6.45) is -5.67. The van der Waals surface area contributed by atoms with E-state index in [9.17, 15) is 18.7 Å². The van der Waals surface area contributed by atoms with E-state index in [4.69, 9.17) is 15.6 Å². The van der Waals surface area contributed by atoms with Gasteiger partial charge in [0.2, 0.25) is 0 Å². The summed E-state index contributed by atoms with van der Waals surface area (Å²) < 4.78 is 32.4. The fraction of sp³-hybridized carbons (Fsp3) is 0.556. The number of anilines is 1. The number of alkyl halides is 1. The summed E-state index contributed by atoms with van der Waals surface area (Å²) in [7, 11) is 0. The van der Waals surface area contributed by atoms with Crippen molar-refractivity contribution in [1.29, 1.82) is 0 Å². The van der Waals surface area contributed by atoms with Crippen LogP contribution in [-0.4, -0.2) is 44.8 Å². The van der Waals surface area contributed by atoms with Crippen molar-refractivity contribution in [2.75, 3.05) is 12.3 Å². The zero-order chi connectivity index (χ0) is 13.4. The third-order valence-electron chi connectivity index (χ3n) is 2.68. The fourth-order valence-electron chi connectivity index (χ4n) is 1.72. The number of aromatic nitrogens is 2. The highest BCUT2D eigenvalue weighted by atomic mass is 19.1. The molecule has 0 saturated carbocycles. The summed E-state index contributed by atoms with van der Waals surface area (Å²) >= 11 is 0. The molecule has 4 atom stereocenters. The summed E-state index contributed by atoms with van der Waals surface area (Å²) in [6.45, 7) is -0.627. The van der Waals surface area contributed by atoms with Crippen LogP contribution in [0.3, 0.4) is 0 Å². The van der Waals surface area contributed by atoms with Crippen LogP contribution < -0.4 is 11.4 Å². The van der Waals surface area contributed by atoms with Crippen molar-refractivity contribution in [1.82, 2.24) is 9.55 Å². The van der Waals surface area contributed by atoms with Gasteiger partial charge in [-0.25, -0.2) is 13.6 Å². The van der Waals surface area contributed by atoms with E-state index in [0.717, 1.165) is 0 Å². The molecular weight excluding hydrogens is 251 g/mol. The first-order chi connectivity index (χ1) is 8.45. The second kappa shape index (κ2) is 4.59. The molecule has 0 amide bonds. The van der Waals surface area contributed by atoms with Gasteiger partial charge in [-0.15, -0.1) is 0 Å². The number of halogens is 2. The van der Waals surface area contributed by atoms with Gasteiger partial charge in [-0.3, -0.25) is 4.57 Å². The highest BCUT2D eigenvalue weighted by Gasteiger charge is 2.45. The highest BCUT2D eigenvalue weighted by Crippen LogP contribution is 2.30. The first kappa shape index (κ1) is 12.9. The second-order valence-electron chi connectivity index (χ2n) is 3.85. The molecule has 0 aliphatic carbocycles. The van der Waals surface area contributed by atoms with E-state index in [1.54, 1.807) is 0 Å². The minimum Gasteiger partial charge on any atom is -0.394 e. The Morgan fingerprint density at radius 2 is 2.28 bits per heavy atom. The summed E-state index contributed by atoms with van der Waals surface area (Å²) in [5.41, 5.74) is 4.07. The Bertz CT molecular complexity index is 509. The number of ether oxygens (including phenoxy) is 1. The van der Waals surface area contributed by atoms with Crippen molar-refractivity contribution in [2.45, 2.75) is 24.6 Å². The van der Waals surface area contributed by atoms with Crippen LogP contribution in [0.4, 0.5) is 14.6 Å². The molecule has 1 aliphatic heterocycles. The van der Waals surface area contributed by atoms with Gasteiger partial charge in [0.25, 0.3) is 0 Å². The average molecular weight is 262 g/mol. The molecule has 0 aromatic carbocycles. The predicted octanol–water partition coefficient (Wildman–Crippen LogP) is -1.45. The molecule has 18 heavy (non-hydrogen) atoms. The van der Waals surface area contributed by atoms with Crippen LogP contribution in [0.1, 0.15) is 6.23 Å². The normalized spacial score (nSPS) is 31.8. The first-order valence-corrected chi connectivity index (χ1v) is 5.08. The Kier molecular flexibility index (Phi) is 3.28. The Morgan fingerprint density at radius 3 is 2.83 bits per heavy atom. The Labute approximate surface area is 99.4 Å². The van der Waals surface area contributed by atoms with Gasteiger partial charge in [0.1, 0.15) is 12.2 Å². The zero-order valence-corrected chi connectivity index (χ0v) is 9.03. The molecular formula is C9H11F2N3O4. The van der Waals surface area contributed by atoms with Crippen LogP contribution >= 0.6 is 0 Å². The molecule has 100 valence electrons. The molecule has 4 N–H and O–H groups in total. The Morgan fingerprint density at radius 1 is 1.61 bits per heavy atom.